The van der Waals surface area contributed by atoms with E-state index in [4.69, 9.17) is 20.1 Å². The first-order chi connectivity index (χ1) is 4.61. The van der Waals surface area contributed by atoms with Crippen molar-refractivity contribution in [3.63, 3.8) is 0 Å². The molecule has 1 fully saturated rings. The zero-order chi connectivity index (χ0) is 7.72. The molecule has 0 radical (unpaired) electrons. The zero-order valence-electron chi connectivity index (χ0n) is 8.77. The second-order valence-corrected chi connectivity index (χ2v) is 2.59. The predicted octanol–water partition coefficient (Wildman–Crippen LogP) is -0.827. The molecule has 10 heavy (non-hydrogen) atoms. The van der Waals surface area contributed by atoms with Gasteiger partial charge in [-0.15, -0.1) is 0 Å². The molecule has 0 spiro atoms. The SMILES string of the molecule is C[C@H]1O[C@@H](O)C[C@@H](O)[C@@H]1O.[H+].[H+].[H+]. The summed E-state index contributed by atoms with van der Waals surface area (Å²) in [6.45, 7) is 1.61. The summed E-state index contributed by atoms with van der Waals surface area (Å²) < 4.78 is 4.81. The summed E-state index contributed by atoms with van der Waals surface area (Å²) >= 11 is 0. The van der Waals surface area contributed by atoms with Gasteiger partial charge < -0.3 is 20.1 Å². The van der Waals surface area contributed by atoms with Crippen molar-refractivity contribution in [2.45, 2.75) is 37.9 Å². The summed E-state index contributed by atoms with van der Waals surface area (Å²) in [4.78, 5) is 0. The van der Waals surface area contributed by atoms with Crippen molar-refractivity contribution in [2.24, 2.45) is 0 Å². The fourth-order valence-electron chi connectivity index (χ4n) is 1.04. The molecule has 4 heteroatoms. The molecule has 0 aromatic carbocycles. The lowest BCUT2D eigenvalue weighted by atomic mass is 10.0. The van der Waals surface area contributed by atoms with Crippen LogP contribution in [0.4, 0.5) is 0 Å². The molecule has 60 valence electrons. The highest BCUT2D eigenvalue weighted by Gasteiger charge is 2.32. The molecule has 4 atom stereocenters. The molecular weight excluding hydrogens is 136 g/mol. The van der Waals surface area contributed by atoms with Gasteiger partial charge in [-0.25, -0.2) is 0 Å². The van der Waals surface area contributed by atoms with Gasteiger partial charge in [-0.3, -0.25) is 0 Å². The first-order valence-electron chi connectivity index (χ1n) is 3.31. The van der Waals surface area contributed by atoms with Gasteiger partial charge in [0.2, 0.25) is 0 Å². The fraction of sp³-hybridized carbons (Fsp3) is 1.00. The highest BCUT2D eigenvalue weighted by Crippen LogP contribution is 2.17. The van der Waals surface area contributed by atoms with Crippen LogP contribution < -0.4 is 0 Å². The largest absolute Gasteiger partial charge is 1.00 e. The minimum atomic E-state index is -0.937. The van der Waals surface area contributed by atoms with Gasteiger partial charge in [-0.05, 0) is 6.92 Å². The van der Waals surface area contributed by atoms with E-state index >= 15 is 0 Å². The average Bonchev–Trinajstić information content (AvgIpc) is 1.82. The molecule has 0 amide bonds. The van der Waals surface area contributed by atoms with Crippen molar-refractivity contribution >= 4 is 0 Å². The van der Waals surface area contributed by atoms with Gasteiger partial charge in [-0.1, -0.05) is 0 Å². The Hall–Kier alpha value is -0.160. The van der Waals surface area contributed by atoms with Crippen molar-refractivity contribution in [2.75, 3.05) is 0 Å². The van der Waals surface area contributed by atoms with Crippen LogP contribution in [0, 0.1) is 0 Å². The summed E-state index contributed by atoms with van der Waals surface area (Å²) in [7, 11) is 0. The first-order valence-corrected chi connectivity index (χ1v) is 3.31. The molecule has 0 saturated carbocycles. The third-order valence-electron chi connectivity index (χ3n) is 1.69. The van der Waals surface area contributed by atoms with Crippen molar-refractivity contribution in [3.05, 3.63) is 0 Å². The van der Waals surface area contributed by atoms with Crippen molar-refractivity contribution in [1.29, 1.82) is 0 Å². The van der Waals surface area contributed by atoms with Gasteiger partial charge in [0, 0.05) is 6.42 Å². The molecule has 0 aromatic rings. The molecular formula is C6H15O4+3. The van der Waals surface area contributed by atoms with Crippen LogP contribution in [0.5, 0.6) is 0 Å². The molecule has 0 unspecified atom stereocenters. The summed E-state index contributed by atoms with van der Waals surface area (Å²) in [5, 5.41) is 27.0. The Morgan fingerprint density at radius 1 is 1.40 bits per heavy atom. The Balaban J connectivity index is -0.000000333. The number of hydrogen-bond acceptors (Lipinski definition) is 4. The molecule has 1 aliphatic heterocycles. The van der Waals surface area contributed by atoms with Crippen LogP contribution in [-0.4, -0.2) is 39.9 Å². The van der Waals surface area contributed by atoms with Gasteiger partial charge >= 0.3 is 4.28 Å². The third-order valence-corrected chi connectivity index (χ3v) is 1.69. The van der Waals surface area contributed by atoms with E-state index in [9.17, 15) is 0 Å². The molecule has 1 rings (SSSR count). The standard InChI is InChI=1S/C6H12O4/c1-3-6(9)4(7)2-5(8)10-3/h3-9H,2H2,1H3/p+3/t3-,4-,5-,6-/m1/s1. The highest BCUT2D eigenvalue weighted by molar-refractivity contribution is 4.78. The number of rotatable bonds is 0. The van der Waals surface area contributed by atoms with Gasteiger partial charge in [0.15, 0.2) is 6.29 Å². The van der Waals surface area contributed by atoms with E-state index in [1.807, 2.05) is 0 Å². The van der Waals surface area contributed by atoms with E-state index in [-0.39, 0.29) is 10.7 Å². The van der Waals surface area contributed by atoms with Crippen LogP contribution in [0.2, 0.25) is 0 Å². The van der Waals surface area contributed by atoms with E-state index in [0.29, 0.717) is 0 Å². The summed E-state index contributed by atoms with van der Waals surface area (Å²) in [6, 6.07) is 0. The fourth-order valence-corrected chi connectivity index (χ4v) is 1.04. The Kier molecular flexibility index (Phi) is 2.25. The maximum atomic E-state index is 9.08. The van der Waals surface area contributed by atoms with Crippen molar-refractivity contribution in [1.82, 2.24) is 0 Å². The van der Waals surface area contributed by atoms with E-state index in [2.05, 4.69) is 0 Å². The molecule has 1 heterocycles. The van der Waals surface area contributed by atoms with Crippen LogP contribution in [-0.2, 0) is 4.74 Å². The maximum absolute atomic E-state index is 9.08. The molecule has 0 aromatic heterocycles. The van der Waals surface area contributed by atoms with Gasteiger partial charge in [0.25, 0.3) is 0 Å². The molecule has 0 bridgehead atoms. The summed E-state index contributed by atoms with van der Waals surface area (Å²) in [6.07, 6.45) is -3.07. The zero-order valence-corrected chi connectivity index (χ0v) is 5.77. The lowest BCUT2D eigenvalue weighted by Gasteiger charge is -2.32. The molecule has 1 saturated heterocycles. The maximum Gasteiger partial charge on any atom is 1.00 e. The predicted molar refractivity (Wildman–Crippen MR) is 36.5 cm³/mol. The van der Waals surface area contributed by atoms with Crippen LogP contribution in [0.15, 0.2) is 0 Å². The van der Waals surface area contributed by atoms with Crippen molar-refractivity contribution < 1.29 is 24.3 Å². The Labute approximate surface area is 63.5 Å². The van der Waals surface area contributed by atoms with Crippen LogP contribution >= 0.6 is 0 Å². The second-order valence-electron chi connectivity index (χ2n) is 2.59. The van der Waals surface area contributed by atoms with Crippen LogP contribution in [0.3, 0.4) is 0 Å². The quantitative estimate of drug-likeness (QED) is 0.423. The minimum absolute atomic E-state index is 0. The smallest absolute Gasteiger partial charge is 0.390 e. The van der Waals surface area contributed by atoms with E-state index in [1.165, 1.54) is 0 Å². The van der Waals surface area contributed by atoms with Gasteiger partial charge in [0.05, 0.1) is 12.2 Å². The number of aliphatic hydroxyl groups is 3. The van der Waals surface area contributed by atoms with E-state index < -0.39 is 24.6 Å². The van der Waals surface area contributed by atoms with E-state index in [1.54, 1.807) is 6.92 Å². The molecule has 4 nitrogen and oxygen atoms in total. The second kappa shape index (κ2) is 2.84. The molecule has 0 aliphatic carbocycles. The third kappa shape index (κ3) is 1.46. The van der Waals surface area contributed by atoms with Gasteiger partial charge in [-0.2, -0.15) is 0 Å². The van der Waals surface area contributed by atoms with E-state index in [0.717, 1.165) is 0 Å². The Morgan fingerprint density at radius 3 is 2.50 bits per heavy atom. The lowest BCUT2D eigenvalue weighted by molar-refractivity contribution is -0.226. The Bertz CT molecular complexity index is 114. The molecule has 3 N–H and O–H groups in total. The first kappa shape index (κ1) is 7.94. The van der Waals surface area contributed by atoms with Crippen LogP contribution in [0.1, 0.15) is 17.6 Å². The number of hydrogen-bond donors (Lipinski definition) is 3. The van der Waals surface area contributed by atoms with Gasteiger partial charge in [0.1, 0.15) is 6.10 Å². The summed E-state index contributed by atoms with van der Waals surface area (Å²) in [5.74, 6) is 0. The minimum Gasteiger partial charge on any atom is -0.390 e. The Morgan fingerprint density at radius 2 is 2.00 bits per heavy atom. The average molecular weight is 151 g/mol. The topological polar surface area (TPSA) is 69.9 Å². The number of ether oxygens (including phenoxy) is 1. The lowest BCUT2D eigenvalue weighted by Crippen LogP contribution is -2.46. The highest BCUT2D eigenvalue weighted by atomic mass is 16.6. The molecule has 1 aliphatic rings. The summed E-state index contributed by atoms with van der Waals surface area (Å²) in [5.41, 5.74) is 0. The number of aliphatic hydroxyl groups excluding tert-OH is 3. The monoisotopic (exact) mass is 151 g/mol. The van der Waals surface area contributed by atoms with Crippen LogP contribution in [0.25, 0.3) is 0 Å². The normalized spacial score (nSPS) is 49.2. The van der Waals surface area contributed by atoms with Crippen molar-refractivity contribution in [3.8, 4) is 0 Å².